The lowest BCUT2D eigenvalue weighted by Crippen LogP contribution is -2.15. The number of carbonyl (C=O) groups is 1. The minimum absolute atomic E-state index is 0. The van der Waals surface area contributed by atoms with Gasteiger partial charge in [0.25, 0.3) is 0 Å². The van der Waals surface area contributed by atoms with Gasteiger partial charge in [0.15, 0.2) is 0 Å². The molecule has 0 fully saturated rings. The Bertz CT molecular complexity index is 615. The van der Waals surface area contributed by atoms with Crippen molar-refractivity contribution in [2.75, 3.05) is 25.6 Å². The molecule has 0 spiro atoms. The van der Waals surface area contributed by atoms with Gasteiger partial charge in [0.1, 0.15) is 11.5 Å². The number of hydrogen-bond acceptors (Lipinski definition) is 4. The van der Waals surface area contributed by atoms with Gasteiger partial charge in [0.2, 0.25) is 5.91 Å². The highest BCUT2D eigenvalue weighted by Crippen LogP contribution is 2.23. The Morgan fingerprint density at radius 1 is 1.04 bits per heavy atom. The molecule has 0 heterocycles. The topological polar surface area (TPSA) is 73.6 Å². The first-order valence-electron chi connectivity index (χ1n) is 7.57. The third-order valence-corrected chi connectivity index (χ3v) is 3.26. The number of nitrogens with two attached hydrogens (primary N) is 1. The normalized spacial score (nSPS) is 9.92. The SMILES string of the molecule is COCCc1ccc(Oc2ccc(NC(=O)CCN)cc2)cc1.Cl. The maximum absolute atomic E-state index is 11.5. The van der Waals surface area contributed by atoms with Crippen LogP contribution in [0.2, 0.25) is 0 Å². The van der Waals surface area contributed by atoms with Crippen LogP contribution in [0, 0.1) is 0 Å². The number of anilines is 1. The number of methoxy groups -OCH3 is 1. The minimum atomic E-state index is -0.0900. The molecular weight excluding hydrogens is 328 g/mol. The Morgan fingerprint density at radius 2 is 1.62 bits per heavy atom. The number of ether oxygens (including phenoxy) is 2. The number of carbonyl (C=O) groups excluding carboxylic acids is 1. The highest BCUT2D eigenvalue weighted by atomic mass is 35.5. The summed E-state index contributed by atoms with van der Waals surface area (Å²) in [6.45, 7) is 1.05. The van der Waals surface area contributed by atoms with Crippen LogP contribution < -0.4 is 15.8 Å². The maximum Gasteiger partial charge on any atom is 0.225 e. The fraction of sp³-hybridized carbons (Fsp3) is 0.278. The van der Waals surface area contributed by atoms with Crippen molar-refractivity contribution in [1.82, 2.24) is 0 Å². The summed E-state index contributed by atoms with van der Waals surface area (Å²) in [4.78, 5) is 11.5. The summed E-state index contributed by atoms with van der Waals surface area (Å²) in [7, 11) is 1.69. The zero-order chi connectivity index (χ0) is 16.5. The molecule has 0 radical (unpaired) electrons. The monoisotopic (exact) mass is 350 g/mol. The van der Waals surface area contributed by atoms with Gasteiger partial charge in [0.05, 0.1) is 6.61 Å². The van der Waals surface area contributed by atoms with Gasteiger partial charge >= 0.3 is 0 Å². The molecule has 6 heteroatoms. The lowest BCUT2D eigenvalue weighted by molar-refractivity contribution is -0.116. The van der Waals surface area contributed by atoms with Crippen LogP contribution >= 0.6 is 12.4 Å². The third-order valence-electron chi connectivity index (χ3n) is 3.26. The predicted molar refractivity (Wildman–Crippen MR) is 98.1 cm³/mol. The van der Waals surface area contributed by atoms with Gasteiger partial charge in [-0.15, -0.1) is 12.4 Å². The Hall–Kier alpha value is -2.08. The summed E-state index contributed by atoms with van der Waals surface area (Å²) < 4.78 is 10.8. The summed E-state index contributed by atoms with van der Waals surface area (Å²) >= 11 is 0. The molecule has 0 saturated heterocycles. The summed E-state index contributed by atoms with van der Waals surface area (Å²) in [6.07, 6.45) is 1.20. The summed E-state index contributed by atoms with van der Waals surface area (Å²) in [5.74, 6) is 1.39. The van der Waals surface area contributed by atoms with Crippen molar-refractivity contribution in [2.45, 2.75) is 12.8 Å². The molecule has 0 atom stereocenters. The van der Waals surface area contributed by atoms with Gasteiger partial charge in [-0.3, -0.25) is 4.79 Å². The highest BCUT2D eigenvalue weighted by Gasteiger charge is 2.02. The molecule has 2 aromatic carbocycles. The molecule has 0 unspecified atom stereocenters. The number of rotatable bonds is 8. The number of nitrogens with one attached hydrogen (secondary N) is 1. The van der Waals surface area contributed by atoms with Crippen molar-refractivity contribution in [2.24, 2.45) is 5.73 Å². The second-order valence-corrected chi connectivity index (χ2v) is 5.10. The van der Waals surface area contributed by atoms with E-state index >= 15 is 0 Å². The lowest BCUT2D eigenvalue weighted by Gasteiger charge is -2.08. The Balaban J connectivity index is 0.00000288. The Morgan fingerprint density at radius 3 is 2.17 bits per heavy atom. The molecule has 0 aliphatic rings. The number of hydrogen-bond donors (Lipinski definition) is 2. The summed E-state index contributed by atoms with van der Waals surface area (Å²) in [6, 6.07) is 15.1. The van der Waals surface area contributed by atoms with Crippen molar-refractivity contribution in [3.8, 4) is 11.5 Å². The van der Waals surface area contributed by atoms with Crippen molar-refractivity contribution >= 4 is 24.0 Å². The van der Waals surface area contributed by atoms with Crippen molar-refractivity contribution in [3.63, 3.8) is 0 Å². The summed E-state index contributed by atoms with van der Waals surface area (Å²) in [5.41, 5.74) is 7.28. The van der Waals surface area contributed by atoms with E-state index in [9.17, 15) is 4.79 Å². The minimum Gasteiger partial charge on any atom is -0.457 e. The highest BCUT2D eigenvalue weighted by molar-refractivity contribution is 5.90. The van der Waals surface area contributed by atoms with Crippen LogP contribution in [0.4, 0.5) is 5.69 Å². The molecule has 130 valence electrons. The van der Waals surface area contributed by atoms with Gasteiger partial charge in [-0.05, 0) is 48.4 Å². The third kappa shape index (κ3) is 6.58. The first-order chi connectivity index (χ1) is 11.2. The average Bonchev–Trinajstić information content (AvgIpc) is 2.56. The standard InChI is InChI=1S/C18H22N2O3.ClH/c1-22-13-11-14-2-6-16(7-3-14)23-17-8-4-15(5-9-17)20-18(21)10-12-19;/h2-9H,10-13,19H2,1H3,(H,20,21);1H. The van der Waals surface area contributed by atoms with Crippen molar-refractivity contribution < 1.29 is 14.3 Å². The largest absolute Gasteiger partial charge is 0.457 e. The van der Waals surface area contributed by atoms with Crippen LogP contribution in [-0.4, -0.2) is 26.2 Å². The van der Waals surface area contributed by atoms with Gasteiger partial charge in [0, 0.05) is 25.8 Å². The van der Waals surface area contributed by atoms with Crippen LogP contribution in [0.15, 0.2) is 48.5 Å². The summed E-state index contributed by atoms with van der Waals surface area (Å²) in [5, 5.41) is 2.77. The number of amides is 1. The number of halogens is 1. The van der Waals surface area contributed by atoms with Crippen LogP contribution in [-0.2, 0) is 16.0 Å². The second-order valence-electron chi connectivity index (χ2n) is 5.10. The van der Waals surface area contributed by atoms with E-state index in [2.05, 4.69) is 5.32 Å². The molecule has 24 heavy (non-hydrogen) atoms. The zero-order valence-corrected chi connectivity index (χ0v) is 14.5. The van der Waals surface area contributed by atoms with E-state index in [4.69, 9.17) is 15.2 Å². The molecule has 5 nitrogen and oxygen atoms in total. The van der Waals surface area contributed by atoms with E-state index < -0.39 is 0 Å². The second kappa shape index (κ2) is 10.6. The molecule has 0 aromatic heterocycles. The first kappa shape index (κ1) is 20.0. The molecule has 0 aliphatic heterocycles. The molecule has 1 amide bonds. The van der Waals surface area contributed by atoms with E-state index in [-0.39, 0.29) is 18.3 Å². The smallest absolute Gasteiger partial charge is 0.225 e. The average molecular weight is 351 g/mol. The fourth-order valence-corrected chi connectivity index (χ4v) is 2.04. The van der Waals surface area contributed by atoms with Crippen LogP contribution in [0.5, 0.6) is 11.5 Å². The molecular formula is C18H23ClN2O3. The zero-order valence-electron chi connectivity index (χ0n) is 13.7. The molecule has 2 rings (SSSR count). The van der Waals surface area contributed by atoms with Crippen LogP contribution in [0.1, 0.15) is 12.0 Å². The number of benzene rings is 2. The van der Waals surface area contributed by atoms with Gasteiger partial charge < -0.3 is 20.5 Å². The van der Waals surface area contributed by atoms with Crippen LogP contribution in [0.3, 0.4) is 0 Å². The maximum atomic E-state index is 11.5. The van der Waals surface area contributed by atoms with Gasteiger partial charge in [-0.1, -0.05) is 12.1 Å². The molecule has 0 aliphatic carbocycles. The lowest BCUT2D eigenvalue weighted by atomic mass is 10.1. The van der Waals surface area contributed by atoms with E-state index in [1.165, 1.54) is 5.56 Å². The van der Waals surface area contributed by atoms with Gasteiger partial charge in [-0.25, -0.2) is 0 Å². The van der Waals surface area contributed by atoms with Gasteiger partial charge in [-0.2, -0.15) is 0 Å². The molecule has 0 saturated carbocycles. The fourth-order valence-electron chi connectivity index (χ4n) is 2.04. The van der Waals surface area contributed by atoms with E-state index in [1.807, 2.05) is 36.4 Å². The van der Waals surface area contributed by atoms with E-state index in [0.717, 1.165) is 17.9 Å². The predicted octanol–water partition coefficient (Wildman–Crippen LogP) is 3.38. The van der Waals surface area contributed by atoms with Crippen molar-refractivity contribution in [1.29, 1.82) is 0 Å². The molecule has 3 N–H and O–H groups in total. The Labute approximate surface area is 148 Å². The quantitative estimate of drug-likeness (QED) is 0.765. The Kier molecular flexibility index (Phi) is 8.86. The molecule has 2 aromatic rings. The van der Waals surface area contributed by atoms with E-state index in [1.54, 1.807) is 19.2 Å². The van der Waals surface area contributed by atoms with E-state index in [0.29, 0.717) is 25.3 Å². The first-order valence-corrected chi connectivity index (χ1v) is 7.57. The van der Waals surface area contributed by atoms with Crippen LogP contribution in [0.25, 0.3) is 0 Å². The van der Waals surface area contributed by atoms with Crippen molar-refractivity contribution in [3.05, 3.63) is 54.1 Å². The molecule has 0 bridgehead atoms.